The third-order valence-electron chi connectivity index (χ3n) is 5.15. The van der Waals surface area contributed by atoms with Gasteiger partial charge < -0.3 is 21.3 Å². The fourth-order valence-electron chi connectivity index (χ4n) is 3.44. The first-order valence-corrected chi connectivity index (χ1v) is 10.9. The van der Waals surface area contributed by atoms with E-state index in [9.17, 15) is 4.79 Å². The van der Waals surface area contributed by atoms with Crippen molar-refractivity contribution in [1.82, 2.24) is 15.5 Å². The maximum Gasteiger partial charge on any atom is 0.220 e. The number of nitrogens with one attached hydrogen (secondary N) is 2. The fraction of sp³-hybridized carbons (Fsp3) is 0.700. The van der Waals surface area contributed by atoms with Crippen LogP contribution in [0, 0.1) is 11.8 Å². The molecule has 7 heteroatoms. The molecule has 0 saturated carbocycles. The molecule has 152 valence electrons. The molecule has 1 aliphatic heterocycles. The summed E-state index contributed by atoms with van der Waals surface area (Å²) in [6, 6.07) is 4.31. The Labute approximate surface area is 167 Å². The molecule has 6 nitrogen and oxygen atoms in total. The van der Waals surface area contributed by atoms with Gasteiger partial charge in [0, 0.05) is 30.9 Å². The van der Waals surface area contributed by atoms with Gasteiger partial charge in [-0.2, -0.15) is 0 Å². The van der Waals surface area contributed by atoms with E-state index in [-0.39, 0.29) is 11.8 Å². The van der Waals surface area contributed by atoms with Crippen molar-refractivity contribution in [3.8, 4) is 0 Å². The summed E-state index contributed by atoms with van der Waals surface area (Å²) in [5, 5.41) is 8.97. The van der Waals surface area contributed by atoms with E-state index in [0.29, 0.717) is 5.92 Å². The lowest BCUT2D eigenvalue weighted by molar-refractivity contribution is -0.123. The molecule has 1 amide bonds. The summed E-state index contributed by atoms with van der Waals surface area (Å²) in [4.78, 5) is 19.4. The second-order valence-electron chi connectivity index (χ2n) is 7.49. The van der Waals surface area contributed by atoms with Crippen LogP contribution in [-0.4, -0.2) is 56.5 Å². The number of nitrogens with two attached hydrogens (primary N) is 1. The summed E-state index contributed by atoms with van der Waals surface area (Å²) in [7, 11) is 1.82. The van der Waals surface area contributed by atoms with Gasteiger partial charge in [-0.1, -0.05) is 13.0 Å². The van der Waals surface area contributed by atoms with Crippen LogP contribution >= 0.6 is 11.3 Å². The molecule has 1 saturated heterocycles. The van der Waals surface area contributed by atoms with E-state index < -0.39 is 0 Å². The van der Waals surface area contributed by atoms with Gasteiger partial charge in [-0.15, -0.1) is 11.3 Å². The number of carbonyl (C=O) groups is 1. The Morgan fingerprint density at radius 1 is 1.37 bits per heavy atom. The Bertz CT molecular complexity index is 567. The Morgan fingerprint density at radius 3 is 2.78 bits per heavy atom. The first-order valence-electron chi connectivity index (χ1n) is 10.1. The number of piperidine rings is 1. The van der Waals surface area contributed by atoms with Gasteiger partial charge in [0.1, 0.15) is 0 Å². The van der Waals surface area contributed by atoms with E-state index in [1.807, 2.05) is 18.4 Å². The van der Waals surface area contributed by atoms with Crippen LogP contribution in [0.15, 0.2) is 22.5 Å². The highest BCUT2D eigenvalue weighted by molar-refractivity contribution is 7.09. The van der Waals surface area contributed by atoms with E-state index >= 15 is 0 Å². The molecule has 1 aliphatic rings. The molecule has 27 heavy (non-hydrogen) atoms. The maximum absolute atomic E-state index is 11.2. The largest absolute Gasteiger partial charge is 0.369 e. The van der Waals surface area contributed by atoms with Gasteiger partial charge in [-0.25, -0.2) is 0 Å². The van der Waals surface area contributed by atoms with Crippen molar-refractivity contribution < 1.29 is 4.79 Å². The maximum atomic E-state index is 11.2. The quantitative estimate of drug-likeness (QED) is 0.323. The second kappa shape index (κ2) is 12.0. The normalized spacial score (nSPS) is 17.6. The number of nitrogens with zero attached hydrogens (tertiary/aromatic N) is 2. The van der Waals surface area contributed by atoms with Crippen molar-refractivity contribution in [2.75, 3.05) is 39.8 Å². The zero-order valence-corrected chi connectivity index (χ0v) is 17.6. The number of hydrogen-bond acceptors (Lipinski definition) is 4. The molecule has 1 aromatic rings. The van der Waals surface area contributed by atoms with Crippen LogP contribution in [0.25, 0.3) is 0 Å². The summed E-state index contributed by atoms with van der Waals surface area (Å²) in [6.45, 7) is 7.19. The predicted molar refractivity (Wildman–Crippen MR) is 114 cm³/mol. The van der Waals surface area contributed by atoms with Gasteiger partial charge in [0.2, 0.25) is 5.91 Å². The van der Waals surface area contributed by atoms with Gasteiger partial charge in [0.25, 0.3) is 0 Å². The minimum Gasteiger partial charge on any atom is -0.369 e. The standard InChI is InChI=1S/C20H35N5OS/c1-16(14-18-6-5-13-27-18)15-24-20(22-2)23-9-3-4-10-25-11-7-17(8-12-25)19(21)26/h5-6,13,16-17H,3-4,7-12,14-15H2,1-2H3,(H2,21,26)(H2,22,23,24). The molecule has 0 aromatic carbocycles. The van der Waals surface area contributed by atoms with Crippen LogP contribution < -0.4 is 16.4 Å². The fourth-order valence-corrected chi connectivity index (χ4v) is 4.31. The lowest BCUT2D eigenvalue weighted by Crippen LogP contribution is -2.40. The van der Waals surface area contributed by atoms with E-state index in [1.165, 1.54) is 4.88 Å². The molecule has 2 heterocycles. The van der Waals surface area contributed by atoms with Crippen molar-refractivity contribution in [3.63, 3.8) is 0 Å². The van der Waals surface area contributed by atoms with Crippen molar-refractivity contribution in [2.45, 2.75) is 39.0 Å². The van der Waals surface area contributed by atoms with Crippen LogP contribution in [-0.2, 0) is 11.2 Å². The average Bonchev–Trinajstić information content (AvgIpc) is 3.17. The number of hydrogen-bond donors (Lipinski definition) is 3. The summed E-state index contributed by atoms with van der Waals surface area (Å²) < 4.78 is 0. The van der Waals surface area contributed by atoms with E-state index in [0.717, 1.165) is 70.8 Å². The molecule has 1 aromatic heterocycles. The number of amides is 1. The predicted octanol–water partition coefficient (Wildman–Crippen LogP) is 2.07. The Hall–Kier alpha value is -1.60. The molecular formula is C20H35N5OS. The third kappa shape index (κ3) is 8.30. The van der Waals surface area contributed by atoms with Gasteiger partial charge in [-0.05, 0) is 69.1 Å². The summed E-state index contributed by atoms with van der Waals surface area (Å²) in [5.74, 6) is 1.41. The first-order chi connectivity index (χ1) is 13.1. The monoisotopic (exact) mass is 393 g/mol. The minimum absolute atomic E-state index is 0.0829. The van der Waals surface area contributed by atoms with Crippen molar-refractivity contribution in [2.24, 2.45) is 22.6 Å². The summed E-state index contributed by atoms with van der Waals surface area (Å²) in [6.07, 6.45) is 5.19. The lowest BCUT2D eigenvalue weighted by Gasteiger charge is -2.30. The number of aliphatic imine (C=N–C) groups is 1. The number of likely N-dealkylation sites (tertiary alicyclic amines) is 1. The molecule has 0 radical (unpaired) electrons. The highest BCUT2D eigenvalue weighted by Crippen LogP contribution is 2.17. The molecule has 1 fully saturated rings. The van der Waals surface area contributed by atoms with E-state index in [2.05, 4.69) is 45.0 Å². The molecular weight excluding hydrogens is 358 g/mol. The lowest BCUT2D eigenvalue weighted by atomic mass is 9.96. The summed E-state index contributed by atoms with van der Waals surface area (Å²) in [5.41, 5.74) is 5.39. The molecule has 0 bridgehead atoms. The zero-order chi connectivity index (χ0) is 19.5. The van der Waals surface area contributed by atoms with Crippen molar-refractivity contribution >= 4 is 23.2 Å². The number of guanidine groups is 1. The van der Waals surface area contributed by atoms with Gasteiger partial charge in [0.05, 0.1) is 0 Å². The summed E-state index contributed by atoms with van der Waals surface area (Å²) >= 11 is 1.82. The van der Waals surface area contributed by atoms with Crippen LogP contribution in [0.1, 0.15) is 37.5 Å². The van der Waals surface area contributed by atoms with Gasteiger partial charge >= 0.3 is 0 Å². The number of unbranched alkanes of at least 4 members (excludes halogenated alkanes) is 1. The number of carbonyl (C=O) groups excluding carboxylic acids is 1. The Kier molecular flexibility index (Phi) is 9.62. The van der Waals surface area contributed by atoms with Crippen LogP contribution in [0.3, 0.4) is 0 Å². The topological polar surface area (TPSA) is 82.8 Å². The highest BCUT2D eigenvalue weighted by atomic mass is 32.1. The van der Waals surface area contributed by atoms with Crippen LogP contribution in [0.4, 0.5) is 0 Å². The zero-order valence-electron chi connectivity index (χ0n) is 16.7. The van der Waals surface area contributed by atoms with Crippen molar-refractivity contribution in [3.05, 3.63) is 22.4 Å². The van der Waals surface area contributed by atoms with Crippen LogP contribution in [0.2, 0.25) is 0 Å². The van der Waals surface area contributed by atoms with E-state index in [4.69, 9.17) is 5.73 Å². The van der Waals surface area contributed by atoms with Crippen molar-refractivity contribution in [1.29, 1.82) is 0 Å². The van der Waals surface area contributed by atoms with Gasteiger partial charge in [0.15, 0.2) is 5.96 Å². The second-order valence-corrected chi connectivity index (χ2v) is 8.53. The van der Waals surface area contributed by atoms with Crippen LogP contribution in [0.5, 0.6) is 0 Å². The highest BCUT2D eigenvalue weighted by Gasteiger charge is 2.22. The van der Waals surface area contributed by atoms with E-state index in [1.54, 1.807) is 0 Å². The number of thiophene rings is 1. The number of primary amides is 1. The minimum atomic E-state index is -0.137. The molecule has 1 atom stereocenters. The molecule has 1 unspecified atom stereocenters. The molecule has 0 aliphatic carbocycles. The SMILES string of the molecule is CN=C(NCCCCN1CCC(C(N)=O)CC1)NCC(C)Cc1cccs1. The third-order valence-corrected chi connectivity index (χ3v) is 6.05. The average molecular weight is 394 g/mol. The Balaban J connectivity index is 1.51. The molecule has 2 rings (SSSR count). The smallest absolute Gasteiger partial charge is 0.220 e. The molecule has 4 N–H and O–H groups in total. The Morgan fingerprint density at radius 2 is 2.15 bits per heavy atom. The molecule has 0 spiro atoms. The number of rotatable bonds is 10. The first kappa shape index (κ1) is 21.7. The van der Waals surface area contributed by atoms with Gasteiger partial charge in [-0.3, -0.25) is 9.79 Å².